The summed E-state index contributed by atoms with van der Waals surface area (Å²) in [7, 11) is 0. The van der Waals surface area contributed by atoms with E-state index >= 15 is 0 Å². The van der Waals surface area contributed by atoms with E-state index in [1.165, 1.54) is 24.0 Å². The number of carbonyl (C=O) groups is 4. The predicted molar refractivity (Wildman–Crippen MR) is 130 cm³/mol. The fourth-order valence-electron chi connectivity index (χ4n) is 2.85. The normalized spacial score (nSPS) is 17.9. The molecule has 0 spiro atoms. The van der Waals surface area contributed by atoms with Gasteiger partial charge in [0.15, 0.2) is 10.8 Å². The lowest BCUT2D eigenvalue weighted by Crippen LogP contribution is -2.70. The minimum atomic E-state index is -1.76. The Morgan fingerprint density at radius 3 is 2.54 bits per heavy atom. The Balaban J connectivity index is 1.79. The summed E-state index contributed by atoms with van der Waals surface area (Å²) in [6.07, 6.45) is 0.807. The molecule has 2 aromatic heterocycles. The molecule has 2 aromatic rings. The topological polar surface area (TPSA) is 199 Å². The summed E-state index contributed by atoms with van der Waals surface area (Å²) in [5, 5.41) is 30.5. The van der Waals surface area contributed by atoms with Crippen LogP contribution in [0.15, 0.2) is 16.7 Å². The summed E-state index contributed by atoms with van der Waals surface area (Å²) in [5.41, 5.74) is -2.22. The van der Waals surface area contributed by atoms with Crippen LogP contribution in [-0.4, -0.2) is 78.0 Å². The Hall–Kier alpha value is -4.08. The number of amides is 3. The van der Waals surface area contributed by atoms with Crippen LogP contribution >= 0.6 is 11.3 Å². The zero-order valence-corrected chi connectivity index (χ0v) is 21.9. The van der Waals surface area contributed by atoms with Gasteiger partial charge in [-0.3, -0.25) is 14.9 Å². The lowest BCUT2D eigenvalue weighted by atomic mass is 9.98. The molecule has 1 saturated heterocycles. The van der Waals surface area contributed by atoms with Crippen LogP contribution in [0.4, 0.5) is 9.93 Å². The molecule has 1 aliphatic rings. The van der Waals surface area contributed by atoms with Gasteiger partial charge in [-0.05, 0) is 41.5 Å². The molecule has 0 aliphatic carbocycles. The number of ether oxygens (including phenoxy) is 1. The predicted octanol–water partition coefficient (Wildman–Crippen LogP) is 0.657. The monoisotopic (exact) mass is 536 g/mol. The first-order chi connectivity index (χ1) is 17.1. The van der Waals surface area contributed by atoms with Crippen molar-refractivity contribution < 1.29 is 33.9 Å². The fourth-order valence-corrected chi connectivity index (χ4v) is 3.53. The average Bonchev–Trinajstić information content (AvgIpc) is 3.39. The maximum Gasteiger partial charge on any atom is 0.413 e. The summed E-state index contributed by atoms with van der Waals surface area (Å²) in [6.45, 7) is 9.57. The first-order valence-electron chi connectivity index (χ1n) is 11.1. The number of carboxylic acids is 1. The van der Waals surface area contributed by atoms with Crippen molar-refractivity contribution in [1.29, 1.82) is 0 Å². The summed E-state index contributed by atoms with van der Waals surface area (Å²) in [4.78, 5) is 59.5. The highest BCUT2D eigenvalue weighted by molar-refractivity contribution is 7.14. The number of aliphatic carboxylic acids is 1. The molecule has 0 aromatic carbocycles. The molecule has 0 bridgehead atoms. The molecule has 15 nitrogen and oxygen atoms in total. The zero-order chi connectivity index (χ0) is 27.5. The molecule has 2 atom stereocenters. The SMILES string of the molecule is Cc1cnn(C[C@H]2NC(=O)[C@H]2NC(=O)/C(=N\OC(C)(C)C(=O)O)c2csc(NC(=O)OC(C)(C)C)n2)n1. The summed E-state index contributed by atoms with van der Waals surface area (Å²) >= 11 is 0.978. The minimum Gasteiger partial charge on any atom is -0.478 e. The molecule has 0 unspecified atom stereocenters. The molecule has 3 amide bonds. The molecule has 3 heterocycles. The molecule has 0 saturated carbocycles. The maximum absolute atomic E-state index is 13.2. The van der Waals surface area contributed by atoms with Gasteiger partial charge in [-0.25, -0.2) is 14.6 Å². The second kappa shape index (κ2) is 10.5. The van der Waals surface area contributed by atoms with Gasteiger partial charge in [0.2, 0.25) is 11.5 Å². The van der Waals surface area contributed by atoms with Crippen molar-refractivity contribution in [1.82, 2.24) is 30.6 Å². The number of carboxylic acid groups (broad SMARTS) is 1. The molecule has 200 valence electrons. The van der Waals surface area contributed by atoms with Crippen LogP contribution in [0.25, 0.3) is 0 Å². The molecule has 16 heteroatoms. The van der Waals surface area contributed by atoms with Gasteiger partial charge >= 0.3 is 12.1 Å². The number of aromatic nitrogens is 4. The van der Waals surface area contributed by atoms with E-state index in [0.717, 1.165) is 11.3 Å². The van der Waals surface area contributed by atoms with E-state index in [9.17, 15) is 24.3 Å². The number of rotatable bonds is 9. The summed E-state index contributed by atoms with van der Waals surface area (Å²) < 4.78 is 5.19. The van der Waals surface area contributed by atoms with Gasteiger partial charge in [-0.1, -0.05) is 5.16 Å². The third kappa shape index (κ3) is 7.22. The van der Waals surface area contributed by atoms with E-state index in [4.69, 9.17) is 9.57 Å². The Kier molecular flexibility index (Phi) is 7.80. The number of β-lactam (4-membered cyclic amide) rings is 1. The number of aryl methyl sites for hydroxylation is 1. The van der Waals surface area contributed by atoms with Crippen LogP contribution in [0, 0.1) is 6.92 Å². The van der Waals surface area contributed by atoms with Gasteiger partial charge in [-0.2, -0.15) is 15.0 Å². The van der Waals surface area contributed by atoms with Crippen LogP contribution in [0.1, 0.15) is 46.0 Å². The molecule has 4 N–H and O–H groups in total. The lowest BCUT2D eigenvalue weighted by Gasteiger charge is -2.36. The fraction of sp³-hybridized carbons (Fsp3) is 0.524. The zero-order valence-electron chi connectivity index (χ0n) is 21.1. The van der Waals surface area contributed by atoms with Gasteiger partial charge in [0.1, 0.15) is 17.3 Å². The second-order valence-electron chi connectivity index (χ2n) is 9.62. The van der Waals surface area contributed by atoms with Crippen molar-refractivity contribution >= 4 is 46.1 Å². The number of anilines is 1. The second-order valence-corrected chi connectivity index (χ2v) is 10.5. The summed E-state index contributed by atoms with van der Waals surface area (Å²) in [5.74, 6) is -2.59. The van der Waals surface area contributed by atoms with Crippen LogP contribution < -0.4 is 16.0 Å². The Morgan fingerprint density at radius 2 is 1.97 bits per heavy atom. The molecule has 3 rings (SSSR count). The van der Waals surface area contributed by atoms with Crippen molar-refractivity contribution in [2.45, 2.75) is 71.4 Å². The first kappa shape index (κ1) is 27.5. The molecule has 37 heavy (non-hydrogen) atoms. The number of nitrogens with zero attached hydrogens (tertiary/aromatic N) is 5. The largest absolute Gasteiger partial charge is 0.478 e. The first-order valence-corrected chi connectivity index (χ1v) is 12.0. The van der Waals surface area contributed by atoms with Gasteiger partial charge < -0.3 is 25.3 Å². The van der Waals surface area contributed by atoms with E-state index in [-0.39, 0.29) is 17.4 Å². The van der Waals surface area contributed by atoms with Crippen molar-refractivity contribution in [2.24, 2.45) is 5.16 Å². The smallest absolute Gasteiger partial charge is 0.413 e. The quantitative estimate of drug-likeness (QED) is 0.200. The minimum absolute atomic E-state index is 0.0182. The molecular weight excluding hydrogens is 508 g/mol. The van der Waals surface area contributed by atoms with E-state index < -0.39 is 52.9 Å². The number of carbonyl (C=O) groups excluding carboxylic acids is 3. The molecule has 1 aliphatic heterocycles. The number of hydrogen-bond donors (Lipinski definition) is 4. The number of hydrogen-bond acceptors (Lipinski definition) is 11. The third-order valence-corrected chi connectivity index (χ3v) is 5.52. The Bertz CT molecular complexity index is 1230. The Morgan fingerprint density at radius 1 is 1.27 bits per heavy atom. The molecule has 0 radical (unpaired) electrons. The van der Waals surface area contributed by atoms with Crippen LogP contribution in [0.2, 0.25) is 0 Å². The number of nitrogens with one attached hydrogen (secondary N) is 3. The van der Waals surface area contributed by atoms with Gasteiger partial charge in [-0.15, -0.1) is 11.3 Å². The van der Waals surface area contributed by atoms with E-state index in [1.54, 1.807) is 33.9 Å². The van der Waals surface area contributed by atoms with Gasteiger partial charge in [0.25, 0.3) is 5.91 Å². The van der Waals surface area contributed by atoms with Crippen molar-refractivity contribution in [3.8, 4) is 0 Å². The van der Waals surface area contributed by atoms with Crippen molar-refractivity contribution in [2.75, 3.05) is 5.32 Å². The van der Waals surface area contributed by atoms with Gasteiger partial charge in [0.05, 0.1) is 24.5 Å². The van der Waals surface area contributed by atoms with Crippen molar-refractivity contribution in [3.63, 3.8) is 0 Å². The van der Waals surface area contributed by atoms with Crippen molar-refractivity contribution in [3.05, 3.63) is 23.0 Å². The highest BCUT2D eigenvalue weighted by Gasteiger charge is 2.42. The van der Waals surface area contributed by atoms with E-state index in [2.05, 4.69) is 36.3 Å². The van der Waals surface area contributed by atoms with E-state index in [1.807, 2.05) is 0 Å². The highest BCUT2D eigenvalue weighted by Crippen LogP contribution is 2.20. The standard InChI is InChI=1S/C21H28N8O7S/c1-10-7-22-29(27-10)8-11-13(15(30)23-11)25-16(31)14(28-36-21(5,6)17(32)33)12-9-37-18(24-12)26-19(34)35-20(2,3)4/h7,9,11,13H,8H2,1-6H3,(H,23,30)(H,25,31)(H,32,33)(H,24,26,34)/b28-14-/t11-,13+/m1/s1. The maximum atomic E-state index is 13.2. The van der Waals surface area contributed by atoms with Crippen LogP contribution in [0.5, 0.6) is 0 Å². The lowest BCUT2D eigenvalue weighted by molar-refractivity contribution is -0.161. The highest BCUT2D eigenvalue weighted by atomic mass is 32.1. The van der Waals surface area contributed by atoms with E-state index in [0.29, 0.717) is 5.69 Å². The van der Waals surface area contributed by atoms with Crippen LogP contribution in [0.3, 0.4) is 0 Å². The average molecular weight is 537 g/mol. The molecule has 1 fully saturated rings. The number of thiazole rings is 1. The molecular formula is C21H28N8O7S. The third-order valence-electron chi connectivity index (χ3n) is 4.76. The van der Waals surface area contributed by atoms with Crippen LogP contribution in [-0.2, 0) is 30.5 Å². The Labute approximate surface area is 215 Å². The van der Waals surface area contributed by atoms with Gasteiger partial charge in [0, 0.05) is 5.38 Å². The number of oxime groups is 1. The summed E-state index contributed by atoms with van der Waals surface area (Å²) in [6, 6.07) is -1.44.